The van der Waals surface area contributed by atoms with Gasteiger partial charge in [0, 0.05) is 25.2 Å². The van der Waals surface area contributed by atoms with E-state index in [1.54, 1.807) is 29.2 Å². The lowest BCUT2D eigenvalue weighted by Crippen LogP contribution is -2.31. The molecule has 2 N–H and O–H groups in total. The highest BCUT2D eigenvalue weighted by Gasteiger charge is 2.20. The van der Waals surface area contributed by atoms with Crippen molar-refractivity contribution < 1.29 is 13.2 Å². The molecule has 21 heavy (non-hydrogen) atoms. The summed E-state index contributed by atoms with van der Waals surface area (Å²) in [4.78, 5) is 14.1. The van der Waals surface area contributed by atoms with Gasteiger partial charge in [0.2, 0.25) is 0 Å². The zero-order chi connectivity index (χ0) is 15.3. The van der Waals surface area contributed by atoms with E-state index >= 15 is 0 Å². The van der Waals surface area contributed by atoms with E-state index in [4.69, 9.17) is 0 Å². The maximum absolute atomic E-state index is 12.3. The fourth-order valence-electron chi connectivity index (χ4n) is 2.25. The van der Waals surface area contributed by atoms with Gasteiger partial charge in [0.1, 0.15) is 0 Å². The minimum Gasteiger partial charge on any atom is -0.339 e. The Labute approximate surface area is 125 Å². The van der Waals surface area contributed by atoms with Crippen molar-refractivity contribution in [3.8, 4) is 0 Å². The lowest BCUT2D eigenvalue weighted by Gasteiger charge is -2.16. The average Bonchev–Trinajstić information content (AvgIpc) is 2.98. The fraction of sp³-hybridized carbons (Fsp3) is 0.500. The Kier molecular flexibility index (Phi) is 5.19. The number of amides is 1. The molecule has 0 radical (unpaired) electrons. The van der Waals surface area contributed by atoms with E-state index in [1.165, 1.54) is 0 Å². The van der Waals surface area contributed by atoms with Crippen LogP contribution in [-0.2, 0) is 10.2 Å². The molecular weight excluding hydrogens is 290 g/mol. The first-order valence-corrected chi connectivity index (χ1v) is 8.67. The highest BCUT2D eigenvalue weighted by molar-refractivity contribution is 7.90. The van der Waals surface area contributed by atoms with Crippen LogP contribution in [0.15, 0.2) is 24.3 Å². The smallest absolute Gasteiger partial charge is 0.299 e. The summed E-state index contributed by atoms with van der Waals surface area (Å²) in [6.45, 7) is 3.80. The van der Waals surface area contributed by atoms with Crippen molar-refractivity contribution in [2.45, 2.75) is 26.2 Å². The second-order valence-electron chi connectivity index (χ2n) is 5.08. The Hall–Kier alpha value is -1.60. The van der Waals surface area contributed by atoms with Gasteiger partial charge in [-0.1, -0.05) is 13.0 Å². The molecule has 2 rings (SSSR count). The molecule has 1 saturated heterocycles. The molecule has 6 nitrogen and oxygen atoms in total. The van der Waals surface area contributed by atoms with E-state index < -0.39 is 10.2 Å². The van der Waals surface area contributed by atoms with Gasteiger partial charge in [-0.05, 0) is 37.5 Å². The van der Waals surface area contributed by atoms with Crippen LogP contribution in [0.2, 0.25) is 0 Å². The largest absolute Gasteiger partial charge is 0.339 e. The van der Waals surface area contributed by atoms with Crippen molar-refractivity contribution in [2.75, 3.05) is 24.4 Å². The van der Waals surface area contributed by atoms with Gasteiger partial charge in [0.05, 0.1) is 5.69 Å². The minimum atomic E-state index is -3.58. The molecular formula is C14H21N3O3S. The quantitative estimate of drug-likeness (QED) is 0.837. The number of carbonyl (C=O) groups is 1. The number of rotatable bonds is 6. The van der Waals surface area contributed by atoms with Crippen LogP contribution < -0.4 is 9.44 Å². The van der Waals surface area contributed by atoms with E-state index in [1.807, 2.05) is 6.92 Å². The molecule has 1 aromatic carbocycles. The standard InChI is InChI=1S/C14H21N3O3S/c1-2-8-15-21(19,20)16-13-7-5-6-12(11-13)14(18)17-9-3-4-10-17/h5-7,11,15-16H,2-4,8-10H2,1H3. The van der Waals surface area contributed by atoms with Gasteiger partial charge < -0.3 is 4.90 Å². The predicted molar refractivity (Wildman–Crippen MR) is 82.4 cm³/mol. The van der Waals surface area contributed by atoms with E-state index in [9.17, 15) is 13.2 Å². The predicted octanol–water partition coefficient (Wildman–Crippen LogP) is 1.58. The van der Waals surface area contributed by atoms with Crippen molar-refractivity contribution in [3.63, 3.8) is 0 Å². The topological polar surface area (TPSA) is 78.5 Å². The first-order valence-electron chi connectivity index (χ1n) is 7.18. The SMILES string of the molecule is CCCNS(=O)(=O)Nc1cccc(C(=O)N2CCCC2)c1. The Morgan fingerprint density at radius 1 is 1.29 bits per heavy atom. The summed E-state index contributed by atoms with van der Waals surface area (Å²) >= 11 is 0. The van der Waals surface area contributed by atoms with Gasteiger partial charge in [-0.2, -0.15) is 13.1 Å². The average molecular weight is 311 g/mol. The number of hydrogen-bond acceptors (Lipinski definition) is 3. The Morgan fingerprint density at radius 2 is 2.00 bits per heavy atom. The maximum atomic E-state index is 12.3. The molecule has 116 valence electrons. The summed E-state index contributed by atoms with van der Waals surface area (Å²) < 4.78 is 28.4. The van der Waals surface area contributed by atoms with Gasteiger partial charge >= 0.3 is 0 Å². The third-order valence-corrected chi connectivity index (χ3v) is 4.39. The minimum absolute atomic E-state index is 0.0462. The summed E-state index contributed by atoms with van der Waals surface area (Å²) in [6, 6.07) is 6.59. The second kappa shape index (κ2) is 6.91. The van der Waals surface area contributed by atoms with Crippen molar-refractivity contribution in [1.29, 1.82) is 0 Å². The number of nitrogens with zero attached hydrogens (tertiary/aromatic N) is 1. The molecule has 0 saturated carbocycles. The van der Waals surface area contributed by atoms with E-state index in [2.05, 4.69) is 9.44 Å². The molecule has 0 atom stereocenters. The molecule has 0 aliphatic carbocycles. The van der Waals surface area contributed by atoms with Crippen LogP contribution in [-0.4, -0.2) is 38.9 Å². The van der Waals surface area contributed by atoms with Crippen LogP contribution in [0.3, 0.4) is 0 Å². The third-order valence-electron chi connectivity index (χ3n) is 3.30. The third kappa shape index (κ3) is 4.44. The lowest BCUT2D eigenvalue weighted by molar-refractivity contribution is 0.0793. The first-order chi connectivity index (χ1) is 10.0. The van der Waals surface area contributed by atoms with Crippen LogP contribution in [0.25, 0.3) is 0 Å². The van der Waals surface area contributed by atoms with Gasteiger partial charge in [-0.3, -0.25) is 9.52 Å². The molecule has 0 unspecified atom stereocenters. The van der Waals surface area contributed by atoms with E-state index in [0.717, 1.165) is 25.9 Å². The molecule has 7 heteroatoms. The summed E-state index contributed by atoms with van der Waals surface area (Å²) in [5, 5.41) is 0. The highest BCUT2D eigenvalue weighted by atomic mass is 32.2. The number of anilines is 1. The fourth-order valence-corrected chi connectivity index (χ4v) is 3.23. The van der Waals surface area contributed by atoms with Gasteiger partial charge in [0.15, 0.2) is 0 Å². The maximum Gasteiger partial charge on any atom is 0.299 e. The molecule has 0 bridgehead atoms. The number of nitrogens with one attached hydrogen (secondary N) is 2. The van der Waals surface area contributed by atoms with Crippen molar-refractivity contribution in [3.05, 3.63) is 29.8 Å². The van der Waals surface area contributed by atoms with E-state index in [-0.39, 0.29) is 5.91 Å². The number of likely N-dealkylation sites (tertiary alicyclic amines) is 1. The van der Waals surface area contributed by atoms with E-state index in [0.29, 0.717) is 24.2 Å². The van der Waals surface area contributed by atoms with Crippen LogP contribution in [0, 0.1) is 0 Å². The number of carbonyl (C=O) groups excluding carboxylic acids is 1. The highest BCUT2D eigenvalue weighted by Crippen LogP contribution is 2.16. The monoisotopic (exact) mass is 311 g/mol. The van der Waals surface area contributed by atoms with Crippen molar-refractivity contribution >= 4 is 21.8 Å². The molecule has 1 aliphatic rings. The number of benzene rings is 1. The summed E-state index contributed by atoms with van der Waals surface area (Å²) in [5.74, 6) is -0.0462. The molecule has 1 amide bonds. The summed E-state index contributed by atoms with van der Waals surface area (Å²) in [6.07, 6.45) is 2.77. The molecule has 1 fully saturated rings. The molecule has 0 spiro atoms. The molecule has 1 heterocycles. The molecule has 1 aliphatic heterocycles. The van der Waals surface area contributed by atoms with Gasteiger partial charge in [0.25, 0.3) is 16.1 Å². The zero-order valence-electron chi connectivity index (χ0n) is 12.1. The zero-order valence-corrected chi connectivity index (χ0v) is 12.9. The summed E-state index contributed by atoms with van der Waals surface area (Å²) in [5.41, 5.74) is 0.899. The molecule has 1 aromatic rings. The first kappa shape index (κ1) is 15.8. The Balaban J connectivity index is 2.08. The van der Waals surface area contributed by atoms with Crippen molar-refractivity contribution in [2.24, 2.45) is 0 Å². The van der Waals surface area contributed by atoms with Crippen molar-refractivity contribution in [1.82, 2.24) is 9.62 Å². The second-order valence-corrected chi connectivity index (χ2v) is 6.58. The normalized spacial score (nSPS) is 15.2. The Morgan fingerprint density at radius 3 is 2.67 bits per heavy atom. The van der Waals surface area contributed by atoms with Crippen LogP contribution >= 0.6 is 0 Å². The molecule has 0 aromatic heterocycles. The van der Waals surface area contributed by atoms with Crippen LogP contribution in [0.4, 0.5) is 5.69 Å². The van der Waals surface area contributed by atoms with Gasteiger partial charge in [-0.25, -0.2) is 0 Å². The van der Waals surface area contributed by atoms with Gasteiger partial charge in [-0.15, -0.1) is 0 Å². The number of hydrogen-bond donors (Lipinski definition) is 2. The van der Waals surface area contributed by atoms with Crippen LogP contribution in [0.1, 0.15) is 36.5 Å². The van der Waals surface area contributed by atoms with Crippen LogP contribution in [0.5, 0.6) is 0 Å². The lowest BCUT2D eigenvalue weighted by atomic mass is 10.2. The summed E-state index contributed by atoms with van der Waals surface area (Å²) in [7, 11) is -3.58. The Bertz CT molecular complexity index is 595.